The third-order valence-electron chi connectivity index (χ3n) is 6.20. The summed E-state index contributed by atoms with van der Waals surface area (Å²) in [4.78, 5) is 27.6. The lowest BCUT2D eigenvalue weighted by Crippen LogP contribution is -2.50. The van der Waals surface area contributed by atoms with Gasteiger partial charge in [0.1, 0.15) is 23.2 Å². The van der Waals surface area contributed by atoms with Crippen LogP contribution in [-0.2, 0) is 10.0 Å². The number of nitrogens with zero attached hydrogens (tertiary/aromatic N) is 3. The maximum atomic E-state index is 13.5. The number of likely N-dealkylation sites (N-methyl/N-ethyl adjacent to an activating group) is 1. The highest BCUT2D eigenvalue weighted by Crippen LogP contribution is 2.31. The smallest absolute Gasteiger partial charge is 0.323 e. The topological polar surface area (TPSA) is 154 Å². The molecular weight excluding hydrogens is 490 g/mol. The molecule has 0 radical (unpaired) electrons. The first-order valence-electron chi connectivity index (χ1n) is 11.5. The summed E-state index contributed by atoms with van der Waals surface area (Å²) in [5.41, 5.74) is 1.50. The molecule has 0 saturated heterocycles. The van der Waals surface area contributed by atoms with E-state index in [0.29, 0.717) is 22.8 Å². The predicted molar refractivity (Wildman–Crippen MR) is 134 cm³/mol. The number of aryl methyl sites for hydroxylation is 2. The Morgan fingerprint density at radius 1 is 1.33 bits per heavy atom. The van der Waals surface area contributed by atoms with Crippen LogP contribution in [0.4, 0.5) is 16.2 Å². The van der Waals surface area contributed by atoms with E-state index in [2.05, 4.69) is 15.8 Å². The molecule has 2 aromatic rings. The predicted octanol–water partition coefficient (Wildman–Crippen LogP) is 2.05. The van der Waals surface area contributed by atoms with E-state index >= 15 is 0 Å². The number of urea groups is 1. The van der Waals surface area contributed by atoms with Crippen LogP contribution in [0.5, 0.6) is 5.75 Å². The lowest BCUT2D eigenvalue weighted by atomic mass is 9.99. The highest BCUT2D eigenvalue weighted by atomic mass is 32.2. The van der Waals surface area contributed by atoms with Crippen molar-refractivity contribution in [2.45, 2.75) is 39.8 Å². The van der Waals surface area contributed by atoms with Crippen molar-refractivity contribution in [3.8, 4) is 5.75 Å². The van der Waals surface area contributed by atoms with Crippen LogP contribution in [0, 0.1) is 19.8 Å². The number of aromatic nitrogens is 1. The first kappa shape index (κ1) is 27.4. The van der Waals surface area contributed by atoms with Crippen molar-refractivity contribution in [3.63, 3.8) is 0 Å². The van der Waals surface area contributed by atoms with E-state index in [-0.39, 0.29) is 42.8 Å². The number of carbonyl (C=O) groups is 2. The number of rotatable bonds is 7. The molecule has 13 heteroatoms. The molecule has 0 aliphatic carbocycles. The maximum Gasteiger partial charge on any atom is 0.323 e. The van der Waals surface area contributed by atoms with Crippen LogP contribution in [0.3, 0.4) is 0 Å². The summed E-state index contributed by atoms with van der Waals surface area (Å²) >= 11 is 0. The normalized spacial score (nSPS) is 19.2. The lowest BCUT2D eigenvalue weighted by Gasteiger charge is -2.38. The molecule has 1 aromatic heterocycles. The molecule has 1 aliphatic rings. The van der Waals surface area contributed by atoms with Gasteiger partial charge in [0.15, 0.2) is 5.76 Å². The summed E-state index contributed by atoms with van der Waals surface area (Å²) in [7, 11) is -1.98. The zero-order chi connectivity index (χ0) is 26.8. The molecule has 1 aliphatic heterocycles. The first-order chi connectivity index (χ1) is 16.8. The highest BCUT2D eigenvalue weighted by molar-refractivity contribution is 7.88. The second kappa shape index (κ2) is 10.8. The lowest BCUT2D eigenvalue weighted by molar-refractivity contribution is 0.0387. The van der Waals surface area contributed by atoms with Gasteiger partial charge in [0.05, 0.1) is 31.0 Å². The molecule has 198 valence electrons. The Morgan fingerprint density at radius 3 is 2.61 bits per heavy atom. The fourth-order valence-corrected chi connectivity index (χ4v) is 4.26. The van der Waals surface area contributed by atoms with E-state index < -0.39 is 28.2 Å². The van der Waals surface area contributed by atoms with E-state index in [1.54, 1.807) is 32.9 Å². The molecule has 3 atom stereocenters. The number of nitrogens with one attached hydrogen (secondary N) is 2. The van der Waals surface area contributed by atoms with Gasteiger partial charge in [0.2, 0.25) is 10.0 Å². The molecule has 0 unspecified atom stereocenters. The third-order valence-corrected chi connectivity index (χ3v) is 7.48. The summed E-state index contributed by atoms with van der Waals surface area (Å²) in [6.45, 7) is 7.03. The van der Waals surface area contributed by atoms with Crippen LogP contribution < -0.4 is 15.4 Å². The van der Waals surface area contributed by atoms with Crippen LogP contribution in [0.15, 0.2) is 22.7 Å². The number of anilines is 2. The Labute approximate surface area is 210 Å². The highest BCUT2D eigenvalue weighted by Gasteiger charge is 2.34. The average Bonchev–Trinajstić information content (AvgIpc) is 3.12. The second-order valence-corrected chi connectivity index (χ2v) is 11.2. The molecule has 0 saturated carbocycles. The van der Waals surface area contributed by atoms with Crippen molar-refractivity contribution in [3.05, 3.63) is 35.2 Å². The molecular formula is C23H33N5O7S. The fourth-order valence-electron chi connectivity index (χ4n) is 3.84. The van der Waals surface area contributed by atoms with Crippen molar-refractivity contribution in [1.29, 1.82) is 0 Å². The molecule has 12 nitrogen and oxygen atoms in total. The Morgan fingerprint density at radius 2 is 2.03 bits per heavy atom. The first-order valence-corrected chi connectivity index (χ1v) is 13.3. The number of fused-ring (bicyclic) bond motifs is 1. The van der Waals surface area contributed by atoms with Gasteiger partial charge in [-0.05, 0) is 39.0 Å². The quantitative estimate of drug-likeness (QED) is 0.498. The molecule has 0 bridgehead atoms. The van der Waals surface area contributed by atoms with Crippen LogP contribution in [-0.4, -0.2) is 85.0 Å². The van der Waals surface area contributed by atoms with Gasteiger partial charge in [-0.25, -0.2) is 17.5 Å². The second-order valence-electron chi connectivity index (χ2n) is 9.16. The van der Waals surface area contributed by atoms with Gasteiger partial charge in [0.25, 0.3) is 5.91 Å². The zero-order valence-corrected chi connectivity index (χ0v) is 22.0. The maximum absolute atomic E-state index is 13.5. The number of amides is 3. The Kier molecular flexibility index (Phi) is 8.26. The minimum atomic E-state index is -3.45. The van der Waals surface area contributed by atoms with Gasteiger partial charge in [-0.3, -0.25) is 4.79 Å². The molecule has 36 heavy (non-hydrogen) atoms. The van der Waals surface area contributed by atoms with Crippen molar-refractivity contribution >= 4 is 33.3 Å². The monoisotopic (exact) mass is 523 g/mol. The Balaban J connectivity index is 1.92. The Hall–Kier alpha value is -3.16. The number of carbonyl (C=O) groups excluding carboxylic acids is 2. The van der Waals surface area contributed by atoms with Crippen LogP contribution in [0.2, 0.25) is 0 Å². The van der Waals surface area contributed by atoms with Crippen LogP contribution in [0.25, 0.3) is 0 Å². The fraction of sp³-hybridized carbons (Fsp3) is 0.522. The van der Waals surface area contributed by atoms with E-state index in [4.69, 9.17) is 9.26 Å². The molecule has 1 aromatic carbocycles. The number of hydrogen-bond acceptors (Lipinski definition) is 8. The largest absolute Gasteiger partial charge is 0.488 e. The molecule has 0 spiro atoms. The SMILES string of the molecule is Cc1noc(C)c1NC(=O)Nc1ccc2c(c1)C(=O)N([C@@H](C)CO)C[C@@H](C)[C@H](CN(C)S(C)(=O)=O)O2. The summed E-state index contributed by atoms with van der Waals surface area (Å²) in [5.74, 6) is 0.101. The van der Waals surface area contributed by atoms with Gasteiger partial charge in [-0.2, -0.15) is 0 Å². The minimum absolute atomic E-state index is 0.0782. The van der Waals surface area contributed by atoms with Crippen molar-refractivity contribution in [1.82, 2.24) is 14.4 Å². The molecule has 3 rings (SSSR count). The molecule has 2 heterocycles. The third kappa shape index (κ3) is 6.15. The van der Waals surface area contributed by atoms with Crippen LogP contribution >= 0.6 is 0 Å². The van der Waals surface area contributed by atoms with E-state index in [1.165, 1.54) is 22.3 Å². The molecule has 3 N–H and O–H groups in total. The number of sulfonamides is 1. The van der Waals surface area contributed by atoms with Gasteiger partial charge >= 0.3 is 6.03 Å². The van der Waals surface area contributed by atoms with Crippen molar-refractivity contribution in [2.75, 3.05) is 43.6 Å². The number of ether oxygens (including phenoxy) is 1. The Bertz CT molecular complexity index is 1210. The van der Waals surface area contributed by atoms with E-state index in [9.17, 15) is 23.1 Å². The number of benzene rings is 1. The van der Waals surface area contributed by atoms with Gasteiger partial charge < -0.3 is 29.9 Å². The van der Waals surface area contributed by atoms with Gasteiger partial charge in [-0.15, -0.1) is 0 Å². The summed E-state index contributed by atoms with van der Waals surface area (Å²) in [5, 5.41) is 18.9. The van der Waals surface area contributed by atoms with Crippen molar-refractivity contribution in [2.24, 2.45) is 5.92 Å². The zero-order valence-electron chi connectivity index (χ0n) is 21.2. The summed E-state index contributed by atoms with van der Waals surface area (Å²) < 4.78 is 36.4. The molecule has 0 fully saturated rings. The number of aliphatic hydroxyl groups excluding tert-OH is 1. The minimum Gasteiger partial charge on any atom is -0.488 e. The van der Waals surface area contributed by atoms with Crippen molar-refractivity contribution < 1.29 is 32.4 Å². The van der Waals surface area contributed by atoms with Crippen LogP contribution in [0.1, 0.15) is 35.7 Å². The number of hydrogen-bond donors (Lipinski definition) is 3. The number of aliphatic hydroxyl groups is 1. The standard InChI is InChI=1S/C23H33N5O7S/c1-13-10-28(14(2)12-29)22(30)18-9-17(24-23(31)25-21-15(3)26-35-16(21)4)7-8-19(18)34-20(13)11-27(5)36(6,32)33/h7-9,13-14,20,29H,10-12H2,1-6H3,(H2,24,25,31)/t13-,14+,20+/m1/s1. The molecule has 3 amide bonds. The van der Waals surface area contributed by atoms with E-state index in [1.807, 2.05) is 6.92 Å². The van der Waals surface area contributed by atoms with Gasteiger partial charge in [0, 0.05) is 25.2 Å². The van der Waals surface area contributed by atoms with Gasteiger partial charge in [-0.1, -0.05) is 12.1 Å². The summed E-state index contributed by atoms with van der Waals surface area (Å²) in [6.07, 6.45) is 0.552. The van der Waals surface area contributed by atoms with E-state index in [0.717, 1.165) is 6.26 Å². The average molecular weight is 524 g/mol. The summed E-state index contributed by atoms with van der Waals surface area (Å²) in [6, 6.07) is 3.60.